The summed E-state index contributed by atoms with van der Waals surface area (Å²) in [7, 11) is 0. The molecule has 0 radical (unpaired) electrons. The molecule has 1 amide bonds. The first-order valence-electron chi connectivity index (χ1n) is 12.5. The number of nitrogens with two attached hydrogens (primary N) is 1. The number of fused-ring (bicyclic) bond motifs is 1. The van der Waals surface area contributed by atoms with E-state index in [4.69, 9.17) is 17.3 Å². The van der Waals surface area contributed by atoms with Crippen molar-refractivity contribution in [3.05, 3.63) is 136 Å². The highest BCUT2D eigenvalue weighted by molar-refractivity contribution is 6.31. The Morgan fingerprint density at radius 3 is 2.32 bits per heavy atom. The summed E-state index contributed by atoms with van der Waals surface area (Å²) in [5, 5.41) is 2.54. The smallest absolute Gasteiger partial charge is 0.409 e. The van der Waals surface area contributed by atoms with Crippen molar-refractivity contribution in [2.45, 2.75) is 30.5 Å². The van der Waals surface area contributed by atoms with E-state index in [9.17, 15) is 39.9 Å². The molecule has 0 spiro atoms. The molecule has 3 N–H and O–H groups in total. The van der Waals surface area contributed by atoms with Gasteiger partial charge in [-0.25, -0.2) is 9.13 Å². The lowest BCUT2D eigenvalue weighted by atomic mass is 9.77. The lowest BCUT2D eigenvalue weighted by Gasteiger charge is -2.38. The van der Waals surface area contributed by atoms with Crippen LogP contribution in [0.5, 0.6) is 5.75 Å². The minimum absolute atomic E-state index is 0.0135. The van der Waals surface area contributed by atoms with Crippen LogP contribution in [0.1, 0.15) is 32.6 Å². The number of alkyl halides is 7. The predicted molar refractivity (Wildman–Crippen MR) is 144 cm³/mol. The highest BCUT2D eigenvalue weighted by Gasteiger charge is 2.55. The third kappa shape index (κ3) is 6.89. The maximum Gasteiger partial charge on any atom is 0.540 e. The molecule has 0 aliphatic carbocycles. The number of amides is 1. The largest absolute Gasteiger partial charge is 0.540 e. The van der Waals surface area contributed by atoms with Gasteiger partial charge in [-0.15, -0.1) is 8.78 Å². The van der Waals surface area contributed by atoms with E-state index in [0.29, 0.717) is 11.6 Å². The number of carbonyl (C=O) groups is 1. The van der Waals surface area contributed by atoms with Gasteiger partial charge in [0.05, 0.1) is 21.7 Å². The lowest BCUT2D eigenvalue weighted by Crippen LogP contribution is -2.49. The average Bonchev–Trinajstić information content (AvgIpc) is 2.94. The maximum absolute atomic E-state index is 14.8. The zero-order chi connectivity index (χ0) is 32.5. The van der Waals surface area contributed by atoms with Gasteiger partial charge < -0.3 is 15.8 Å². The molecule has 1 heterocycles. The van der Waals surface area contributed by atoms with Crippen LogP contribution in [-0.2, 0) is 29.0 Å². The molecule has 232 valence electrons. The maximum atomic E-state index is 14.8. The molecule has 0 saturated carbocycles. The third-order valence-corrected chi connectivity index (χ3v) is 6.84. The van der Waals surface area contributed by atoms with E-state index in [2.05, 4.69) is 21.4 Å². The fraction of sp³-hybridized carbons (Fsp3) is 0.167. The Hall–Kier alpha value is -4.36. The van der Waals surface area contributed by atoms with Gasteiger partial charge in [-0.1, -0.05) is 60.7 Å². The summed E-state index contributed by atoms with van der Waals surface area (Å²) in [4.78, 5) is 13.6. The molecule has 3 aromatic rings. The van der Waals surface area contributed by atoms with Gasteiger partial charge in [-0.05, 0) is 53.1 Å². The SMILES string of the molecule is C=C(/C=C\C(Cl)=C/N)[C@@](Cc1ccccc1)(NC(=O)c1ccc(F)c(C(F)(F)F)c1)c1ccc2c(c1)C(F)(F)OC(F)(F)O2. The van der Waals surface area contributed by atoms with Crippen molar-refractivity contribution < 1.29 is 49.4 Å². The van der Waals surface area contributed by atoms with Crippen LogP contribution in [0.3, 0.4) is 0 Å². The molecule has 3 aromatic carbocycles. The Morgan fingerprint density at radius 2 is 1.68 bits per heavy atom. The number of carbonyl (C=O) groups excluding carboxylic acids is 1. The molecule has 14 heteroatoms. The second-order valence-electron chi connectivity index (χ2n) is 9.52. The normalized spacial score (nSPS) is 17.3. The molecule has 44 heavy (non-hydrogen) atoms. The van der Waals surface area contributed by atoms with Gasteiger partial charge in [0.25, 0.3) is 5.91 Å². The van der Waals surface area contributed by atoms with Gasteiger partial charge in [0.15, 0.2) is 0 Å². The summed E-state index contributed by atoms with van der Waals surface area (Å²) >= 11 is 5.98. The minimum Gasteiger partial charge on any atom is -0.409 e. The summed E-state index contributed by atoms with van der Waals surface area (Å²) < 4.78 is 119. The molecule has 0 unspecified atom stereocenters. The van der Waals surface area contributed by atoms with Gasteiger partial charge in [0, 0.05) is 18.2 Å². The van der Waals surface area contributed by atoms with Crippen molar-refractivity contribution in [1.29, 1.82) is 0 Å². The van der Waals surface area contributed by atoms with Crippen molar-refractivity contribution in [2.75, 3.05) is 0 Å². The quantitative estimate of drug-likeness (QED) is 0.193. The van der Waals surface area contributed by atoms with Gasteiger partial charge in [0.2, 0.25) is 0 Å². The second kappa shape index (κ2) is 12.0. The van der Waals surface area contributed by atoms with E-state index in [1.165, 1.54) is 12.2 Å². The molecule has 1 aliphatic rings. The van der Waals surface area contributed by atoms with E-state index in [0.717, 1.165) is 30.5 Å². The third-order valence-electron chi connectivity index (χ3n) is 6.59. The van der Waals surface area contributed by atoms with Crippen LogP contribution in [-0.4, -0.2) is 12.2 Å². The Balaban J connectivity index is 1.95. The van der Waals surface area contributed by atoms with Crippen molar-refractivity contribution in [3.8, 4) is 5.75 Å². The first-order valence-corrected chi connectivity index (χ1v) is 12.8. The van der Waals surface area contributed by atoms with Crippen LogP contribution in [0.4, 0.5) is 35.1 Å². The zero-order valence-electron chi connectivity index (χ0n) is 22.2. The van der Waals surface area contributed by atoms with Crippen molar-refractivity contribution in [2.24, 2.45) is 5.73 Å². The van der Waals surface area contributed by atoms with E-state index in [1.807, 2.05) is 0 Å². The molecule has 5 nitrogen and oxygen atoms in total. The fourth-order valence-corrected chi connectivity index (χ4v) is 4.56. The Labute approximate surface area is 250 Å². The molecule has 4 rings (SSSR count). The number of rotatable bonds is 8. The molecule has 1 atom stereocenters. The number of hydrogen-bond donors (Lipinski definition) is 2. The monoisotopic (exact) mass is 644 g/mol. The van der Waals surface area contributed by atoms with Crippen molar-refractivity contribution >= 4 is 17.5 Å². The molecule has 0 aromatic heterocycles. The van der Waals surface area contributed by atoms with E-state index in [-0.39, 0.29) is 28.7 Å². The minimum atomic E-state index is -5.15. The van der Waals surface area contributed by atoms with Crippen LogP contribution < -0.4 is 15.8 Å². The summed E-state index contributed by atoms with van der Waals surface area (Å²) in [5.74, 6) is -3.75. The first-order chi connectivity index (χ1) is 20.5. The van der Waals surface area contributed by atoms with E-state index in [1.54, 1.807) is 30.3 Å². The van der Waals surface area contributed by atoms with Gasteiger partial charge in [-0.2, -0.15) is 22.0 Å². The van der Waals surface area contributed by atoms with Gasteiger partial charge in [-0.3, -0.25) is 4.79 Å². The predicted octanol–water partition coefficient (Wildman–Crippen LogP) is 7.87. The van der Waals surface area contributed by atoms with Crippen LogP contribution in [0.15, 0.2) is 102 Å². The first kappa shape index (κ1) is 32.6. The molecular formula is C30H21ClF8N2O3. The molecule has 0 bridgehead atoms. The van der Waals surface area contributed by atoms with Gasteiger partial charge >= 0.3 is 18.6 Å². The van der Waals surface area contributed by atoms with Crippen LogP contribution in [0.25, 0.3) is 0 Å². The van der Waals surface area contributed by atoms with E-state index >= 15 is 0 Å². The van der Waals surface area contributed by atoms with Crippen LogP contribution in [0, 0.1) is 5.82 Å². The summed E-state index contributed by atoms with van der Waals surface area (Å²) in [6.07, 6.45) is -11.1. The number of ether oxygens (including phenoxy) is 2. The molecule has 0 fully saturated rings. The van der Waals surface area contributed by atoms with Crippen LogP contribution in [0.2, 0.25) is 0 Å². The molecule has 1 aliphatic heterocycles. The standard InChI is InChI=1S/C30H21ClF8N2O3/c1-17(7-10-21(31)16-40)27(15-18-5-3-2-4-6-18,41-26(42)19-8-11-24(32)22(13-19)28(33,34)35)20-9-12-25-23(14-20)29(36,37)44-30(38,39)43-25/h2-14,16H,1,15,40H2,(H,41,42)/b10-7-,21-16+/t27-/m1/s1. The highest BCUT2D eigenvalue weighted by atomic mass is 35.5. The Morgan fingerprint density at radius 1 is 1.00 bits per heavy atom. The molecular weight excluding hydrogens is 624 g/mol. The fourth-order valence-electron chi connectivity index (χ4n) is 4.49. The topological polar surface area (TPSA) is 73.6 Å². The highest BCUT2D eigenvalue weighted by Crippen LogP contribution is 2.48. The summed E-state index contributed by atoms with van der Waals surface area (Å²) in [6, 6.07) is 12.3. The zero-order valence-corrected chi connectivity index (χ0v) is 23.0. The lowest BCUT2D eigenvalue weighted by molar-refractivity contribution is -0.461. The summed E-state index contributed by atoms with van der Waals surface area (Å²) in [6.45, 7) is 3.96. The van der Waals surface area contributed by atoms with E-state index < -0.39 is 58.3 Å². The second-order valence-corrected chi connectivity index (χ2v) is 9.96. The number of hydrogen-bond acceptors (Lipinski definition) is 4. The number of allylic oxidation sites excluding steroid dienone is 2. The number of benzene rings is 3. The van der Waals surface area contributed by atoms with Crippen LogP contribution >= 0.6 is 11.6 Å². The van der Waals surface area contributed by atoms with Crippen molar-refractivity contribution in [3.63, 3.8) is 0 Å². The van der Waals surface area contributed by atoms with Crippen molar-refractivity contribution in [1.82, 2.24) is 5.32 Å². The average molecular weight is 645 g/mol. The molecule has 0 saturated heterocycles. The Kier molecular flexibility index (Phi) is 8.85. The number of nitrogens with one attached hydrogen (secondary N) is 1. The Bertz CT molecular complexity index is 1640. The number of halogens is 9. The van der Waals surface area contributed by atoms with Gasteiger partial charge in [0.1, 0.15) is 11.6 Å². The summed E-state index contributed by atoms with van der Waals surface area (Å²) in [5.41, 5.74) is 0.172.